The largest absolute Gasteiger partial charge is 0.283 e. The number of aromatic nitrogens is 2. The molecule has 2 aromatic carbocycles. The fourth-order valence-electron chi connectivity index (χ4n) is 2.33. The summed E-state index contributed by atoms with van der Waals surface area (Å²) in [6, 6.07) is 19.3. The molecule has 0 saturated heterocycles. The van der Waals surface area contributed by atoms with Crippen LogP contribution in [0.3, 0.4) is 0 Å². The van der Waals surface area contributed by atoms with E-state index in [1.54, 1.807) is 17.6 Å². The van der Waals surface area contributed by atoms with Gasteiger partial charge in [0, 0.05) is 0 Å². The molecule has 1 atom stereocenters. The number of rotatable bonds is 4. The van der Waals surface area contributed by atoms with Gasteiger partial charge in [-0.2, -0.15) is 5.26 Å². The summed E-state index contributed by atoms with van der Waals surface area (Å²) in [6.45, 7) is 2.25. The van der Waals surface area contributed by atoms with Crippen molar-refractivity contribution in [3.8, 4) is 6.07 Å². The predicted octanol–water partition coefficient (Wildman–Crippen LogP) is 3.45. The van der Waals surface area contributed by atoms with Crippen LogP contribution >= 0.6 is 11.8 Å². The van der Waals surface area contributed by atoms with Gasteiger partial charge in [0.15, 0.2) is 5.16 Å². The lowest BCUT2D eigenvalue weighted by Crippen LogP contribution is -2.24. The van der Waals surface area contributed by atoms with Crippen molar-refractivity contribution in [1.29, 1.82) is 5.26 Å². The number of fused-ring (bicyclic) bond motifs is 1. The van der Waals surface area contributed by atoms with Crippen LogP contribution in [0, 0.1) is 11.3 Å². The minimum Gasteiger partial charge on any atom is -0.283 e. The summed E-state index contributed by atoms with van der Waals surface area (Å²) in [5, 5.41) is 9.97. The van der Waals surface area contributed by atoms with Crippen molar-refractivity contribution in [2.24, 2.45) is 0 Å². The number of nitriles is 1. The van der Waals surface area contributed by atoms with Gasteiger partial charge >= 0.3 is 0 Å². The second kappa shape index (κ2) is 6.67. The summed E-state index contributed by atoms with van der Waals surface area (Å²) < 4.78 is 1.65. The number of thioether (sulfide) groups is 1. The molecule has 0 N–H and O–H groups in total. The highest BCUT2D eigenvalue weighted by atomic mass is 32.2. The van der Waals surface area contributed by atoms with Crippen LogP contribution in [0.25, 0.3) is 10.9 Å². The van der Waals surface area contributed by atoms with Crippen LogP contribution in [-0.4, -0.2) is 14.8 Å². The summed E-state index contributed by atoms with van der Waals surface area (Å²) in [5.74, 6) is 0. The monoisotopic (exact) mass is 321 g/mol. The molecule has 5 heteroatoms. The summed E-state index contributed by atoms with van der Waals surface area (Å²) in [4.78, 5) is 17.4. The first-order chi connectivity index (χ1) is 11.2. The first kappa shape index (κ1) is 15.3. The van der Waals surface area contributed by atoms with Gasteiger partial charge in [-0.25, -0.2) is 4.98 Å². The molecule has 1 unspecified atom stereocenters. The Labute approximate surface area is 138 Å². The molecule has 0 bridgehead atoms. The molecule has 0 amide bonds. The quantitative estimate of drug-likeness (QED) is 0.545. The van der Waals surface area contributed by atoms with Gasteiger partial charge in [0.2, 0.25) is 0 Å². The zero-order valence-corrected chi connectivity index (χ0v) is 13.5. The average molecular weight is 321 g/mol. The van der Waals surface area contributed by atoms with Gasteiger partial charge in [-0.05, 0) is 24.6 Å². The van der Waals surface area contributed by atoms with E-state index in [2.05, 4.69) is 11.1 Å². The van der Waals surface area contributed by atoms with E-state index in [0.29, 0.717) is 22.6 Å². The van der Waals surface area contributed by atoms with Crippen molar-refractivity contribution in [2.45, 2.75) is 23.9 Å². The summed E-state index contributed by atoms with van der Waals surface area (Å²) >= 11 is 1.31. The molecule has 0 radical (unpaired) electrons. The van der Waals surface area contributed by atoms with Crippen molar-refractivity contribution in [1.82, 2.24) is 9.55 Å². The minimum absolute atomic E-state index is 0.0768. The van der Waals surface area contributed by atoms with Gasteiger partial charge in [-0.3, -0.25) is 9.36 Å². The Morgan fingerprint density at radius 2 is 1.87 bits per heavy atom. The number of para-hydroxylation sites is 1. The van der Waals surface area contributed by atoms with E-state index in [1.165, 1.54) is 11.8 Å². The smallest absolute Gasteiger partial charge is 0.262 e. The van der Waals surface area contributed by atoms with Crippen molar-refractivity contribution in [3.63, 3.8) is 0 Å². The molecule has 0 aliphatic rings. The fourth-order valence-corrected chi connectivity index (χ4v) is 3.12. The van der Waals surface area contributed by atoms with E-state index in [4.69, 9.17) is 5.26 Å². The number of benzene rings is 2. The predicted molar refractivity (Wildman–Crippen MR) is 92.5 cm³/mol. The van der Waals surface area contributed by atoms with Crippen LogP contribution in [0.2, 0.25) is 0 Å². The molecule has 0 saturated carbocycles. The van der Waals surface area contributed by atoms with Crippen molar-refractivity contribution >= 4 is 22.7 Å². The summed E-state index contributed by atoms with van der Waals surface area (Å²) in [7, 11) is 0. The van der Waals surface area contributed by atoms with Crippen LogP contribution in [0.4, 0.5) is 0 Å². The summed E-state index contributed by atoms with van der Waals surface area (Å²) in [6.07, 6.45) is 0. The third-order valence-electron chi connectivity index (χ3n) is 3.47. The van der Waals surface area contributed by atoms with Crippen LogP contribution in [0.1, 0.15) is 12.5 Å². The molecule has 23 heavy (non-hydrogen) atoms. The van der Waals surface area contributed by atoms with E-state index < -0.39 is 0 Å². The molecule has 0 aliphatic heterocycles. The van der Waals surface area contributed by atoms with E-state index in [-0.39, 0.29) is 10.8 Å². The summed E-state index contributed by atoms with van der Waals surface area (Å²) in [5.41, 5.74) is 1.61. The molecular formula is C18H15N3OS. The maximum absolute atomic E-state index is 12.9. The van der Waals surface area contributed by atoms with Gasteiger partial charge in [-0.1, -0.05) is 54.2 Å². The highest BCUT2D eigenvalue weighted by Gasteiger charge is 2.14. The van der Waals surface area contributed by atoms with E-state index in [1.807, 2.05) is 48.5 Å². The maximum atomic E-state index is 12.9. The Balaban J connectivity index is 2.16. The molecular weight excluding hydrogens is 306 g/mol. The van der Waals surface area contributed by atoms with E-state index in [0.717, 1.165) is 5.56 Å². The average Bonchev–Trinajstić information content (AvgIpc) is 2.59. The van der Waals surface area contributed by atoms with Crippen molar-refractivity contribution in [3.05, 3.63) is 70.5 Å². The molecule has 0 spiro atoms. The highest BCUT2D eigenvalue weighted by molar-refractivity contribution is 8.00. The zero-order valence-electron chi connectivity index (χ0n) is 12.6. The Morgan fingerprint density at radius 3 is 2.61 bits per heavy atom. The molecule has 3 aromatic rings. The number of hydrogen-bond acceptors (Lipinski definition) is 4. The van der Waals surface area contributed by atoms with Crippen molar-refractivity contribution < 1.29 is 0 Å². The fraction of sp³-hybridized carbons (Fsp3) is 0.167. The second-order valence-corrected chi connectivity index (χ2v) is 6.49. The van der Waals surface area contributed by atoms with Crippen molar-refractivity contribution in [2.75, 3.05) is 0 Å². The lowest BCUT2D eigenvalue weighted by Gasteiger charge is -2.13. The first-order valence-corrected chi connectivity index (χ1v) is 8.17. The Hall–Kier alpha value is -2.58. The minimum atomic E-state index is -0.273. The second-order valence-electron chi connectivity index (χ2n) is 5.18. The van der Waals surface area contributed by atoms with Crippen LogP contribution in [0.15, 0.2) is 64.5 Å². The van der Waals surface area contributed by atoms with Gasteiger partial charge in [0.1, 0.15) is 0 Å². The molecule has 1 aromatic heterocycles. The lowest BCUT2D eigenvalue weighted by molar-refractivity contribution is 0.657. The van der Waals surface area contributed by atoms with Gasteiger partial charge < -0.3 is 0 Å². The highest BCUT2D eigenvalue weighted by Crippen LogP contribution is 2.22. The van der Waals surface area contributed by atoms with E-state index in [9.17, 15) is 4.79 Å². The topological polar surface area (TPSA) is 58.7 Å². The lowest BCUT2D eigenvalue weighted by atomic mass is 10.2. The van der Waals surface area contributed by atoms with Gasteiger partial charge in [-0.15, -0.1) is 0 Å². The molecule has 0 aliphatic carbocycles. The van der Waals surface area contributed by atoms with Crippen LogP contribution in [0.5, 0.6) is 0 Å². The molecule has 1 heterocycles. The van der Waals surface area contributed by atoms with E-state index >= 15 is 0 Å². The molecule has 3 rings (SSSR count). The zero-order chi connectivity index (χ0) is 16.2. The van der Waals surface area contributed by atoms with Gasteiger partial charge in [0.25, 0.3) is 5.56 Å². The van der Waals surface area contributed by atoms with Gasteiger partial charge in [0.05, 0.1) is 28.8 Å². The normalized spacial score (nSPS) is 12.0. The Bertz CT molecular complexity index is 928. The Kier molecular flexibility index (Phi) is 4.45. The molecule has 0 fully saturated rings. The third kappa shape index (κ3) is 3.27. The maximum Gasteiger partial charge on any atom is 0.262 e. The van der Waals surface area contributed by atoms with Crippen LogP contribution in [-0.2, 0) is 6.54 Å². The SMILES string of the molecule is CC(C#N)Sc1nc2ccccc2c(=O)n1Cc1ccccc1. The number of hydrogen-bond donors (Lipinski definition) is 0. The molecule has 114 valence electrons. The number of nitrogens with zero attached hydrogens (tertiary/aromatic N) is 3. The Morgan fingerprint density at radius 1 is 1.17 bits per heavy atom. The van der Waals surface area contributed by atoms with Crippen LogP contribution < -0.4 is 5.56 Å². The standard InChI is InChI=1S/C18H15N3OS/c1-13(11-19)23-18-20-16-10-6-5-9-15(16)17(22)21(18)12-14-7-3-2-4-8-14/h2-10,13H,12H2,1H3. The molecule has 4 nitrogen and oxygen atoms in total. The third-order valence-corrected chi connectivity index (χ3v) is 4.46. The first-order valence-electron chi connectivity index (χ1n) is 7.29.